The molecule has 1 amide bonds. The first-order valence-electron chi connectivity index (χ1n) is 7.17. The van der Waals surface area contributed by atoms with Gasteiger partial charge >= 0.3 is 0 Å². The smallest absolute Gasteiger partial charge is 0.228 e. The summed E-state index contributed by atoms with van der Waals surface area (Å²) in [5, 5.41) is 2.83. The summed E-state index contributed by atoms with van der Waals surface area (Å²) in [6.45, 7) is 3.28. The number of sulfone groups is 1. The summed E-state index contributed by atoms with van der Waals surface area (Å²) < 4.78 is 24.1. The second kappa shape index (κ2) is 7.15. The van der Waals surface area contributed by atoms with Gasteiger partial charge in [-0.2, -0.15) is 0 Å². The molecule has 0 aromatic heterocycles. The van der Waals surface area contributed by atoms with Gasteiger partial charge in [-0.25, -0.2) is 8.42 Å². The van der Waals surface area contributed by atoms with E-state index in [1.54, 1.807) is 50.2 Å². The van der Waals surface area contributed by atoms with Gasteiger partial charge in [-0.3, -0.25) is 4.79 Å². The van der Waals surface area contributed by atoms with Gasteiger partial charge in [0.15, 0.2) is 9.84 Å². The summed E-state index contributed by atoms with van der Waals surface area (Å²) in [7, 11) is -3.29. The number of nitrogens with one attached hydrogen (secondary N) is 1. The van der Waals surface area contributed by atoms with E-state index in [-0.39, 0.29) is 17.2 Å². The first-order valence-corrected chi connectivity index (χ1v) is 9.10. The fourth-order valence-electron chi connectivity index (χ4n) is 2.03. The Labute approximate surface area is 141 Å². The molecule has 0 bridgehead atoms. The van der Waals surface area contributed by atoms with Crippen LogP contribution in [0.1, 0.15) is 19.4 Å². The number of carbonyl (C=O) groups is 1. The van der Waals surface area contributed by atoms with E-state index in [9.17, 15) is 13.2 Å². The predicted octanol–water partition coefficient (Wildman–Crippen LogP) is 3.70. The summed E-state index contributed by atoms with van der Waals surface area (Å²) in [4.78, 5) is 12.3. The van der Waals surface area contributed by atoms with Crippen LogP contribution in [-0.4, -0.2) is 19.6 Å². The average Bonchev–Trinajstić information content (AvgIpc) is 2.47. The lowest BCUT2D eigenvalue weighted by atomic mass is 10.1. The van der Waals surface area contributed by atoms with Crippen LogP contribution >= 0.6 is 11.6 Å². The van der Waals surface area contributed by atoms with Crippen molar-refractivity contribution in [2.24, 2.45) is 0 Å². The Morgan fingerprint density at radius 3 is 2.35 bits per heavy atom. The SMILES string of the molecule is CC(C)S(=O)(=O)c1ccc(CC(=O)Nc2cccc(Cl)c2)cc1. The number of rotatable bonds is 5. The number of carbonyl (C=O) groups excluding carboxylic acids is 1. The fourth-order valence-corrected chi connectivity index (χ4v) is 3.28. The normalized spacial score (nSPS) is 11.5. The summed E-state index contributed by atoms with van der Waals surface area (Å²) in [6, 6.07) is 13.3. The summed E-state index contributed by atoms with van der Waals surface area (Å²) in [6.07, 6.45) is 0.161. The van der Waals surface area contributed by atoms with E-state index in [1.165, 1.54) is 12.1 Å². The van der Waals surface area contributed by atoms with Gasteiger partial charge < -0.3 is 5.32 Å². The third kappa shape index (κ3) is 4.56. The van der Waals surface area contributed by atoms with Gasteiger partial charge in [0.1, 0.15) is 0 Å². The van der Waals surface area contributed by atoms with Crippen LogP contribution in [0.25, 0.3) is 0 Å². The highest BCUT2D eigenvalue weighted by Gasteiger charge is 2.18. The molecule has 0 heterocycles. The molecule has 0 aliphatic rings. The Balaban J connectivity index is 2.05. The number of hydrogen-bond donors (Lipinski definition) is 1. The Morgan fingerprint density at radius 1 is 1.13 bits per heavy atom. The Morgan fingerprint density at radius 2 is 1.78 bits per heavy atom. The molecule has 0 aliphatic carbocycles. The quantitative estimate of drug-likeness (QED) is 0.893. The molecule has 4 nitrogen and oxygen atoms in total. The molecule has 0 spiro atoms. The van der Waals surface area contributed by atoms with Crippen molar-refractivity contribution >= 4 is 33.0 Å². The topological polar surface area (TPSA) is 63.2 Å². The van der Waals surface area contributed by atoms with Crippen LogP contribution in [0.5, 0.6) is 0 Å². The number of anilines is 1. The molecule has 0 radical (unpaired) electrons. The molecule has 0 aliphatic heterocycles. The zero-order chi connectivity index (χ0) is 17.0. The van der Waals surface area contributed by atoms with Crippen LogP contribution in [0.2, 0.25) is 5.02 Å². The van der Waals surface area contributed by atoms with Crippen molar-refractivity contribution in [3.05, 3.63) is 59.1 Å². The van der Waals surface area contributed by atoms with Crippen LogP contribution in [-0.2, 0) is 21.1 Å². The average molecular weight is 352 g/mol. The minimum absolute atomic E-state index is 0.161. The Kier molecular flexibility index (Phi) is 5.44. The lowest BCUT2D eigenvalue weighted by Gasteiger charge is -2.09. The molecular formula is C17H18ClNO3S. The minimum Gasteiger partial charge on any atom is -0.326 e. The standard InChI is InChI=1S/C17H18ClNO3S/c1-12(2)23(21,22)16-8-6-13(7-9-16)10-17(20)19-15-5-3-4-14(18)11-15/h3-9,11-12H,10H2,1-2H3,(H,19,20). The largest absolute Gasteiger partial charge is 0.326 e. The molecular weight excluding hydrogens is 334 g/mol. The second-order valence-corrected chi connectivity index (χ2v) is 8.41. The van der Waals surface area contributed by atoms with E-state index in [0.29, 0.717) is 10.7 Å². The number of hydrogen-bond acceptors (Lipinski definition) is 3. The van der Waals surface area contributed by atoms with Crippen molar-refractivity contribution < 1.29 is 13.2 Å². The van der Waals surface area contributed by atoms with E-state index < -0.39 is 15.1 Å². The van der Waals surface area contributed by atoms with Crippen molar-refractivity contribution in [3.8, 4) is 0 Å². The van der Waals surface area contributed by atoms with Crippen LogP contribution in [0.4, 0.5) is 5.69 Å². The van der Waals surface area contributed by atoms with E-state index in [4.69, 9.17) is 11.6 Å². The zero-order valence-corrected chi connectivity index (χ0v) is 14.5. The maximum atomic E-state index is 12.0. The molecule has 2 aromatic carbocycles. The zero-order valence-electron chi connectivity index (χ0n) is 12.9. The van der Waals surface area contributed by atoms with Gasteiger partial charge in [0, 0.05) is 10.7 Å². The fraction of sp³-hybridized carbons (Fsp3) is 0.235. The highest BCUT2D eigenvalue weighted by molar-refractivity contribution is 7.92. The van der Waals surface area contributed by atoms with E-state index in [1.807, 2.05) is 0 Å². The van der Waals surface area contributed by atoms with Gasteiger partial charge in [-0.05, 0) is 49.7 Å². The first kappa shape index (κ1) is 17.5. The van der Waals surface area contributed by atoms with Gasteiger partial charge in [-0.15, -0.1) is 0 Å². The maximum absolute atomic E-state index is 12.0. The molecule has 1 N–H and O–H groups in total. The Bertz CT molecular complexity index is 799. The van der Waals surface area contributed by atoms with E-state index in [2.05, 4.69) is 5.32 Å². The number of halogens is 1. The highest BCUT2D eigenvalue weighted by atomic mass is 35.5. The molecule has 6 heteroatoms. The Hall–Kier alpha value is -1.85. The molecule has 2 rings (SSSR count). The molecule has 0 fully saturated rings. The van der Waals surface area contributed by atoms with Gasteiger partial charge in [0.2, 0.25) is 5.91 Å². The van der Waals surface area contributed by atoms with Gasteiger partial charge in [0.25, 0.3) is 0 Å². The molecule has 0 atom stereocenters. The lowest BCUT2D eigenvalue weighted by Crippen LogP contribution is -2.15. The molecule has 0 saturated heterocycles. The lowest BCUT2D eigenvalue weighted by molar-refractivity contribution is -0.115. The van der Waals surface area contributed by atoms with Crippen LogP contribution in [0, 0.1) is 0 Å². The second-order valence-electron chi connectivity index (χ2n) is 5.47. The minimum atomic E-state index is -3.29. The van der Waals surface area contributed by atoms with E-state index in [0.717, 1.165) is 5.56 Å². The van der Waals surface area contributed by atoms with Crippen LogP contribution in [0.3, 0.4) is 0 Å². The predicted molar refractivity (Wildman–Crippen MR) is 92.5 cm³/mol. The molecule has 0 saturated carbocycles. The first-order chi connectivity index (χ1) is 10.8. The van der Waals surface area contributed by atoms with Crippen molar-refractivity contribution in [1.29, 1.82) is 0 Å². The van der Waals surface area contributed by atoms with Gasteiger partial charge in [0.05, 0.1) is 16.6 Å². The van der Waals surface area contributed by atoms with Crippen molar-refractivity contribution in [1.82, 2.24) is 0 Å². The molecule has 2 aromatic rings. The molecule has 23 heavy (non-hydrogen) atoms. The van der Waals surface area contributed by atoms with Crippen molar-refractivity contribution in [2.45, 2.75) is 30.4 Å². The molecule has 0 unspecified atom stereocenters. The number of amides is 1. The van der Waals surface area contributed by atoms with Crippen LogP contribution in [0.15, 0.2) is 53.4 Å². The third-order valence-electron chi connectivity index (χ3n) is 3.35. The number of benzene rings is 2. The van der Waals surface area contributed by atoms with E-state index >= 15 is 0 Å². The third-order valence-corrected chi connectivity index (χ3v) is 5.75. The summed E-state index contributed by atoms with van der Waals surface area (Å²) in [5.41, 5.74) is 1.37. The summed E-state index contributed by atoms with van der Waals surface area (Å²) in [5.74, 6) is -0.188. The molecule has 122 valence electrons. The van der Waals surface area contributed by atoms with Gasteiger partial charge in [-0.1, -0.05) is 29.8 Å². The van der Waals surface area contributed by atoms with Crippen molar-refractivity contribution in [3.63, 3.8) is 0 Å². The highest BCUT2D eigenvalue weighted by Crippen LogP contribution is 2.18. The monoisotopic (exact) mass is 351 g/mol. The summed E-state index contributed by atoms with van der Waals surface area (Å²) >= 11 is 5.87. The van der Waals surface area contributed by atoms with Crippen molar-refractivity contribution in [2.75, 3.05) is 5.32 Å². The van der Waals surface area contributed by atoms with Crippen LogP contribution < -0.4 is 5.32 Å². The maximum Gasteiger partial charge on any atom is 0.228 e.